The molecule has 0 aliphatic carbocycles. The number of nitrogens with one attached hydrogen (secondary N) is 1. The number of benzene rings is 3. The summed E-state index contributed by atoms with van der Waals surface area (Å²) in [4.78, 5) is 24.6. The maximum Gasteiger partial charge on any atom is 0.331 e. The first-order valence-corrected chi connectivity index (χ1v) is 10.2. The lowest BCUT2D eigenvalue weighted by atomic mass is 10.1. The molecule has 1 atom stereocenters. The molecule has 0 aromatic heterocycles. The molecule has 33 heavy (non-hydrogen) atoms. The van der Waals surface area contributed by atoms with Crippen LogP contribution in [-0.4, -0.2) is 32.2 Å². The predicted octanol–water partition coefficient (Wildman–Crippen LogP) is 5.08. The molecule has 1 unspecified atom stereocenters. The highest BCUT2D eigenvalue weighted by atomic mass is 16.5. The number of para-hydroxylation sites is 2. The van der Waals surface area contributed by atoms with Crippen LogP contribution in [0.1, 0.15) is 12.5 Å². The summed E-state index contributed by atoms with van der Waals surface area (Å²) in [6.45, 7) is 1.50. The third-order valence-corrected chi connectivity index (χ3v) is 4.60. The third-order valence-electron chi connectivity index (χ3n) is 4.60. The van der Waals surface area contributed by atoms with Gasteiger partial charge in [-0.2, -0.15) is 0 Å². The number of hydrogen-bond donors (Lipinski definition) is 1. The van der Waals surface area contributed by atoms with E-state index in [-0.39, 0.29) is 0 Å². The number of carbonyl (C=O) groups excluding carboxylic acids is 2. The Labute approximate surface area is 192 Å². The Kier molecular flexibility index (Phi) is 8.07. The highest BCUT2D eigenvalue weighted by Crippen LogP contribution is 2.31. The summed E-state index contributed by atoms with van der Waals surface area (Å²) in [5.41, 5.74) is 1.20. The first kappa shape index (κ1) is 23.4. The van der Waals surface area contributed by atoms with E-state index in [0.717, 1.165) is 5.75 Å². The van der Waals surface area contributed by atoms with Crippen LogP contribution in [0.3, 0.4) is 0 Å². The number of hydrogen-bond acceptors (Lipinski definition) is 6. The summed E-state index contributed by atoms with van der Waals surface area (Å²) in [6.07, 6.45) is 1.78. The third kappa shape index (κ3) is 6.61. The van der Waals surface area contributed by atoms with Crippen molar-refractivity contribution in [1.29, 1.82) is 0 Å². The molecule has 7 heteroatoms. The predicted molar refractivity (Wildman–Crippen MR) is 126 cm³/mol. The zero-order valence-corrected chi connectivity index (χ0v) is 18.6. The van der Waals surface area contributed by atoms with Gasteiger partial charge in [0, 0.05) is 17.3 Å². The van der Waals surface area contributed by atoms with Gasteiger partial charge in [0.1, 0.15) is 11.5 Å². The SMILES string of the molecule is COc1cccc(C=CC(=O)OC(C)C(=O)Nc2ccc(Oc3ccccc3)cc2)c1OC. The van der Waals surface area contributed by atoms with Crippen LogP contribution in [0.15, 0.2) is 78.9 Å². The second-order valence-corrected chi connectivity index (χ2v) is 6.92. The molecule has 0 fully saturated rings. The van der Waals surface area contributed by atoms with Crippen LogP contribution < -0.4 is 19.5 Å². The molecule has 0 saturated carbocycles. The van der Waals surface area contributed by atoms with Crippen LogP contribution >= 0.6 is 0 Å². The van der Waals surface area contributed by atoms with Crippen molar-refractivity contribution in [3.05, 3.63) is 84.4 Å². The molecule has 3 aromatic rings. The van der Waals surface area contributed by atoms with Crippen LogP contribution in [-0.2, 0) is 14.3 Å². The van der Waals surface area contributed by atoms with Crippen molar-refractivity contribution in [2.75, 3.05) is 19.5 Å². The van der Waals surface area contributed by atoms with Gasteiger partial charge in [0.2, 0.25) is 0 Å². The zero-order chi connectivity index (χ0) is 23.6. The minimum absolute atomic E-state index is 0.451. The Morgan fingerprint density at radius 1 is 0.848 bits per heavy atom. The Bertz CT molecular complexity index is 1110. The average Bonchev–Trinajstić information content (AvgIpc) is 2.84. The van der Waals surface area contributed by atoms with Crippen molar-refractivity contribution in [2.24, 2.45) is 0 Å². The lowest BCUT2D eigenvalue weighted by Crippen LogP contribution is -2.29. The van der Waals surface area contributed by atoms with Crippen molar-refractivity contribution in [1.82, 2.24) is 0 Å². The lowest BCUT2D eigenvalue weighted by molar-refractivity contribution is -0.148. The Balaban J connectivity index is 1.54. The molecule has 0 bridgehead atoms. The molecule has 3 rings (SSSR count). The summed E-state index contributed by atoms with van der Waals surface area (Å²) in [7, 11) is 3.05. The highest BCUT2D eigenvalue weighted by molar-refractivity contribution is 5.96. The van der Waals surface area contributed by atoms with E-state index in [1.165, 1.54) is 27.2 Å². The van der Waals surface area contributed by atoms with E-state index in [4.69, 9.17) is 18.9 Å². The van der Waals surface area contributed by atoms with Crippen molar-refractivity contribution < 1.29 is 28.5 Å². The molecule has 0 heterocycles. The van der Waals surface area contributed by atoms with E-state index >= 15 is 0 Å². The summed E-state index contributed by atoms with van der Waals surface area (Å²) in [5.74, 6) is 1.28. The maximum absolute atomic E-state index is 12.4. The number of anilines is 1. The minimum atomic E-state index is -0.991. The van der Waals surface area contributed by atoms with Crippen molar-refractivity contribution >= 4 is 23.6 Å². The number of esters is 1. The normalized spacial score (nSPS) is 11.5. The fourth-order valence-corrected chi connectivity index (χ4v) is 2.94. The molecule has 3 aromatic carbocycles. The molecule has 1 N–H and O–H groups in total. The van der Waals surface area contributed by atoms with Gasteiger partial charge in [0.25, 0.3) is 5.91 Å². The Morgan fingerprint density at radius 2 is 1.55 bits per heavy atom. The number of rotatable bonds is 9. The Hall–Kier alpha value is -4.26. The van der Waals surface area contributed by atoms with Gasteiger partial charge in [-0.1, -0.05) is 30.3 Å². The summed E-state index contributed by atoms with van der Waals surface area (Å²) in [6, 6.07) is 21.6. The topological polar surface area (TPSA) is 83.1 Å². The van der Waals surface area contributed by atoms with E-state index in [2.05, 4.69) is 5.32 Å². The van der Waals surface area contributed by atoms with Crippen molar-refractivity contribution in [3.63, 3.8) is 0 Å². The fourth-order valence-electron chi connectivity index (χ4n) is 2.94. The maximum atomic E-state index is 12.4. The fraction of sp³-hybridized carbons (Fsp3) is 0.154. The van der Waals surface area contributed by atoms with Gasteiger partial charge in [0.15, 0.2) is 17.6 Å². The molecular formula is C26H25NO6. The largest absolute Gasteiger partial charge is 0.493 e. The van der Waals surface area contributed by atoms with Crippen LogP contribution in [0.2, 0.25) is 0 Å². The first-order chi connectivity index (χ1) is 16.0. The molecule has 1 amide bonds. The monoisotopic (exact) mass is 447 g/mol. The molecule has 0 aliphatic heterocycles. The number of carbonyl (C=O) groups is 2. The van der Waals surface area contributed by atoms with Gasteiger partial charge in [-0.15, -0.1) is 0 Å². The molecule has 0 aliphatic rings. The molecular weight excluding hydrogens is 422 g/mol. The molecule has 7 nitrogen and oxygen atoms in total. The molecule has 0 saturated heterocycles. The molecule has 0 spiro atoms. The van der Waals surface area contributed by atoms with Gasteiger partial charge in [0.05, 0.1) is 14.2 Å². The van der Waals surface area contributed by atoms with Crippen LogP contribution in [0, 0.1) is 0 Å². The summed E-state index contributed by atoms with van der Waals surface area (Å²) < 4.78 is 21.5. The van der Waals surface area contributed by atoms with Crippen LogP contribution in [0.25, 0.3) is 6.08 Å². The standard InChI is InChI=1S/C26H25NO6/c1-18(32-24(28)17-12-19-8-7-11-23(30-2)25(19)31-3)26(29)27-20-13-15-22(16-14-20)33-21-9-5-4-6-10-21/h4-18H,1-3H3,(H,27,29). The van der Waals surface area contributed by atoms with E-state index in [9.17, 15) is 9.59 Å². The number of methoxy groups -OCH3 is 2. The summed E-state index contributed by atoms with van der Waals surface area (Å²) in [5, 5.41) is 2.71. The van der Waals surface area contributed by atoms with Gasteiger partial charge in [-0.25, -0.2) is 4.79 Å². The van der Waals surface area contributed by atoms with Gasteiger partial charge < -0.3 is 24.3 Å². The minimum Gasteiger partial charge on any atom is -0.493 e. The van der Waals surface area contributed by atoms with Gasteiger partial charge in [-0.3, -0.25) is 4.79 Å². The van der Waals surface area contributed by atoms with E-state index in [0.29, 0.717) is 28.5 Å². The van der Waals surface area contributed by atoms with Crippen molar-refractivity contribution in [3.8, 4) is 23.0 Å². The van der Waals surface area contributed by atoms with Gasteiger partial charge >= 0.3 is 5.97 Å². The van der Waals surface area contributed by atoms with Crippen LogP contribution in [0.4, 0.5) is 5.69 Å². The number of amides is 1. The van der Waals surface area contributed by atoms with Gasteiger partial charge in [-0.05, 0) is 55.5 Å². The van der Waals surface area contributed by atoms with E-state index in [1.54, 1.807) is 48.5 Å². The van der Waals surface area contributed by atoms with E-state index < -0.39 is 18.0 Å². The summed E-state index contributed by atoms with van der Waals surface area (Å²) >= 11 is 0. The first-order valence-electron chi connectivity index (χ1n) is 10.2. The lowest BCUT2D eigenvalue weighted by Gasteiger charge is -2.13. The highest BCUT2D eigenvalue weighted by Gasteiger charge is 2.17. The second kappa shape index (κ2) is 11.4. The number of ether oxygens (including phenoxy) is 4. The quantitative estimate of drug-likeness (QED) is 0.364. The van der Waals surface area contributed by atoms with Crippen LogP contribution in [0.5, 0.6) is 23.0 Å². The smallest absolute Gasteiger partial charge is 0.331 e. The zero-order valence-electron chi connectivity index (χ0n) is 18.6. The van der Waals surface area contributed by atoms with Crippen molar-refractivity contribution in [2.45, 2.75) is 13.0 Å². The molecule has 0 radical (unpaired) electrons. The second-order valence-electron chi connectivity index (χ2n) is 6.92. The molecule has 170 valence electrons. The van der Waals surface area contributed by atoms with E-state index in [1.807, 2.05) is 30.3 Å². The average molecular weight is 447 g/mol. The Morgan fingerprint density at radius 3 is 2.21 bits per heavy atom.